The molecule has 9 heteroatoms. The third-order valence-corrected chi connectivity index (χ3v) is 5.56. The highest BCUT2D eigenvalue weighted by molar-refractivity contribution is 8.01. The van der Waals surface area contributed by atoms with Gasteiger partial charge in [-0.3, -0.25) is 9.59 Å². The summed E-state index contributed by atoms with van der Waals surface area (Å²) in [4.78, 5) is 24.0. The molecule has 0 saturated carbocycles. The van der Waals surface area contributed by atoms with Crippen LogP contribution in [0.25, 0.3) is 0 Å². The van der Waals surface area contributed by atoms with Crippen LogP contribution in [0.4, 0.5) is 15.2 Å². The number of hydrogen-bond donors (Lipinski definition) is 2. The van der Waals surface area contributed by atoms with E-state index in [-0.39, 0.29) is 23.4 Å². The Morgan fingerprint density at radius 3 is 2.46 bits per heavy atom. The van der Waals surface area contributed by atoms with Gasteiger partial charge in [-0.05, 0) is 36.2 Å². The normalized spacial score (nSPS) is 10.5. The molecule has 0 radical (unpaired) electrons. The summed E-state index contributed by atoms with van der Waals surface area (Å²) >= 11 is 2.43. The van der Waals surface area contributed by atoms with Gasteiger partial charge in [-0.15, -0.1) is 10.2 Å². The molecule has 2 N–H and O–H groups in total. The number of carbonyl (C=O) groups excluding carboxylic acids is 2. The fourth-order valence-corrected chi connectivity index (χ4v) is 3.83. The first kappa shape index (κ1) is 20.0. The standard InChI is InChI=1S/C19H17FN4O2S2/c20-14-7-9-15(10-8-14)21-17(26)12-27-19-24-23-18(28-19)22-16(25)11-6-13-4-2-1-3-5-13/h1-5,7-10H,6,11-12H2,(H,21,26)(H,22,23,25). The predicted octanol–water partition coefficient (Wildman–Crippen LogP) is 3.98. The van der Waals surface area contributed by atoms with Gasteiger partial charge in [0, 0.05) is 12.1 Å². The van der Waals surface area contributed by atoms with Gasteiger partial charge in [0.2, 0.25) is 16.9 Å². The summed E-state index contributed by atoms with van der Waals surface area (Å²) < 4.78 is 13.4. The van der Waals surface area contributed by atoms with E-state index in [0.717, 1.165) is 5.56 Å². The highest BCUT2D eigenvalue weighted by Gasteiger charge is 2.11. The van der Waals surface area contributed by atoms with Gasteiger partial charge in [0.1, 0.15) is 5.82 Å². The molecule has 3 aromatic rings. The van der Waals surface area contributed by atoms with Gasteiger partial charge in [0.05, 0.1) is 5.75 Å². The average Bonchev–Trinajstić information content (AvgIpc) is 3.15. The van der Waals surface area contributed by atoms with E-state index in [0.29, 0.717) is 28.0 Å². The van der Waals surface area contributed by atoms with Crippen molar-refractivity contribution in [3.05, 3.63) is 66.0 Å². The SMILES string of the molecule is O=C(CSc1nnc(NC(=O)CCc2ccccc2)s1)Nc1ccc(F)cc1. The zero-order valence-electron chi connectivity index (χ0n) is 14.7. The van der Waals surface area contributed by atoms with Crippen LogP contribution in [-0.4, -0.2) is 27.8 Å². The van der Waals surface area contributed by atoms with Crippen LogP contribution in [-0.2, 0) is 16.0 Å². The largest absolute Gasteiger partial charge is 0.325 e. The summed E-state index contributed by atoms with van der Waals surface area (Å²) in [6.45, 7) is 0. The van der Waals surface area contributed by atoms with Crippen LogP contribution in [0.3, 0.4) is 0 Å². The van der Waals surface area contributed by atoms with Crippen LogP contribution < -0.4 is 10.6 Å². The van der Waals surface area contributed by atoms with E-state index in [1.54, 1.807) is 0 Å². The fraction of sp³-hybridized carbons (Fsp3) is 0.158. The number of aryl methyl sites for hydroxylation is 1. The minimum Gasteiger partial charge on any atom is -0.325 e. The molecule has 3 rings (SSSR count). The third-order valence-electron chi connectivity index (χ3n) is 3.59. The fourth-order valence-electron chi connectivity index (χ4n) is 2.26. The van der Waals surface area contributed by atoms with Crippen molar-refractivity contribution in [3.8, 4) is 0 Å². The molecule has 6 nitrogen and oxygen atoms in total. The molecule has 0 aliphatic rings. The summed E-state index contributed by atoms with van der Waals surface area (Å²) in [6.07, 6.45) is 1.00. The molecule has 2 aromatic carbocycles. The van der Waals surface area contributed by atoms with Gasteiger partial charge in [-0.2, -0.15) is 0 Å². The lowest BCUT2D eigenvalue weighted by atomic mass is 10.1. The molecule has 1 aromatic heterocycles. The Labute approximate surface area is 169 Å². The van der Waals surface area contributed by atoms with Crippen molar-refractivity contribution in [2.45, 2.75) is 17.2 Å². The van der Waals surface area contributed by atoms with Crippen LogP contribution in [0.2, 0.25) is 0 Å². The van der Waals surface area contributed by atoms with Crippen molar-refractivity contribution >= 4 is 45.7 Å². The van der Waals surface area contributed by atoms with Crippen LogP contribution in [0.5, 0.6) is 0 Å². The maximum atomic E-state index is 12.9. The van der Waals surface area contributed by atoms with Crippen LogP contribution in [0, 0.1) is 5.82 Å². The summed E-state index contributed by atoms with van der Waals surface area (Å²) in [5, 5.41) is 13.7. The number of anilines is 2. The minimum atomic E-state index is -0.362. The highest BCUT2D eigenvalue weighted by atomic mass is 32.2. The molecule has 0 fully saturated rings. The lowest BCUT2D eigenvalue weighted by Crippen LogP contribution is -2.13. The molecule has 0 spiro atoms. The van der Waals surface area contributed by atoms with E-state index in [4.69, 9.17) is 0 Å². The smallest absolute Gasteiger partial charge is 0.234 e. The van der Waals surface area contributed by atoms with Gasteiger partial charge < -0.3 is 10.6 Å². The van der Waals surface area contributed by atoms with Gasteiger partial charge in [-0.25, -0.2) is 4.39 Å². The van der Waals surface area contributed by atoms with E-state index in [9.17, 15) is 14.0 Å². The maximum absolute atomic E-state index is 12.9. The molecule has 1 heterocycles. The Morgan fingerprint density at radius 1 is 0.964 bits per heavy atom. The number of thioether (sulfide) groups is 1. The van der Waals surface area contributed by atoms with Crippen molar-refractivity contribution in [1.29, 1.82) is 0 Å². The van der Waals surface area contributed by atoms with E-state index < -0.39 is 0 Å². The molecule has 0 bridgehead atoms. The molecule has 0 aliphatic carbocycles. The molecule has 0 atom stereocenters. The molecular weight excluding hydrogens is 399 g/mol. The van der Waals surface area contributed by atoms with Gasteiger partial charge >= 0.3 is 0 Å². The number of hydrogen-bond acceptors (Lipinski definition) is 6. The van der Waals surface area contributed by atoms with Crippen molar-refractivity contribution in [1.82, 2.24) is 10.2 Å². The van der Waals surface area contributed by atoms with Crippen LogP contribution in [0.1, 0.15) is 12.0 Å². The number of amides is 2. The lowest BCUT2D eigenvalue weighted by Gasteiger charge is -2.03. The predicted molar refractivity (Wildman–Crippen MR) is 109 cm³/mol. The van der Waals surface area contributed by atoms with Crippen LogP contribution in [0.15, 0.2) is 58.9 Å². The molecule has 0 saturated heterocycles. The van der Waals surface area contributed by atoms with Gasteiger partial charge in [-0.1, -0.05) is 53.4 Å². The molecule has 0 aliphatic heterocycles. The summed E-state index contributed by atoms with van der Waals surface area (Å²) in [6, 6.07) is 15.3. The van der Waals surface area contributed by atoms with E-state index in [1.807, 2.05) is 30.3 Å². The van der Waals surface area contributed by atoms with Crippen molar-refractivity contribution in [2.24, 2.45) is 0 Å². The van der Waals surface area contributed by atoms with E-state index in [1.165, 1.54) is 47.4 Å². The maximum Gasteiger partial charge on any atom is 0.234 e. The van der Waals surface area contributed by atoms with E-state index in [2.05, 4.69) is 20.8 Å². The van der Waals surface area contributed by atoms with Crippen LogP contribution >= 0.6 is 23.1 Å². The number of halogens is 1. The number of nitrogens with zero attached hydrogens (tertiary/aromatic N) is 2. The Morgan fingerprint density at radius 2 is 1.71 bits per heavy atom. The second-order valence-corrected chi connectivity index (χ2v) is 7.95. The first-order valence-electron chi connectivity index (χ1n) is 8.44. The quantitative estimate of drug-likeness (QED) is 0.429. The molecule has 2 amide bonds. The summed E-state index contributed by atoms with van der Waals surface area (Å²) in [5.74, 6) is -0.598. The summed E-state index contributed by atoms with van der Waals surface area (Å²) in [7, 11) is 0. The number of carbonyl (C=O) groups is 2. The third kappa shape index (κ3) is 6.43. The minimum absolute atomic E-state index is 0.133. The molecule has 28 heavy (non-hydrogen) atoms. The van der Waals surface area contributed by atoms with Gasteiger partial charge in [0.25, 0.3) is 0 Å². The van der Waals surface area contributed by atoms with E-state index >= 15 is 0 Å². The topological polar surface area (TPSA) is 84.0 Å². The van der Waals surface area contributed by atoms with Crippen molar-refractivity contribution < 1.29 is 14.0 Å². The number of aromatic nitrogens is 2. The van der Waals surface area contributed by atoms with Crippen molar-refractivity contribution in [2.75, 3.05) is 16.4 Å². The average molecular weight is 417 g/mol. The Balaban J connectivity index is 1.41. The Bertz CT molecular complexity index is 933. The summed E-state index contributed by atoms with van der Waals surface area (Å²) in [5.41, 5.74) is 1.62. The first-order chi connectivity index (χ1) is 13.6. The Kier molecular flexibility index (Phi) is 7.10. The Hall–Kier alpha value is -2.78. The number of benzene rings is 2. The molecule has 144 valence electrons. The first-order valence-corrected chi connectivity index (χ1v) is 10.2. The second kappa shape index (κ2) is 9.95. The number of nitrogens with one attached hydrogen (secondary N) is 2. The zero-order chi connectivity index (χ0) is 19.8. The molecule has 0 unspecified atom stereocenters. The van der Waals surface area contributed by atoms with Crippen molar-refractivity contribution in [3.63, 3.8) is 0 Å². The highest BCUT2D eigenvalue weighted by Crippen LogP contribution is 2.25. The zero-order valence-corrected chi connectivity index (χ0v) is 16.4. The second-order valence-electron chi connectivity index (χ2n) is 5.75. The van der Waals surface area contributed by atoms with Gasteiger partial charge in [0.15, 0.2) is 4.34 Å². The monoisotopic (exact) mass is 416 g/mol. The molecular formula is C19H17FN4O2S2. The lowest BCUT2D eigenvalue weighted by molar-refractivity contribution is -0.116. The number of rotatable bonds is 8.